The van der Waals surface area contributed by atoms with Crippen molar-refractivity contribution in [2.24, 2.45) is 0 Å². The first-order valence-corrected chi connectivity index (χ1v) is 9.03. The molecule has 1 aliphatic rings. The van der Waals surface area contributed by atoms with Crippen LogP contribution >= 0.6 is 0 Å². The lowest BCUT2D eigenvalue weighted by molar-refractivity contribution is -0.137. The van der Waals surface area contributed by atoms with Crippen molar-refractivity contribution >= 4 is 11.0 Å². The summed E-state index contributed by atoms with van der Waals surface area (Å²) in [4.78, 5) is 4.67. The van der Waals surface area contributed by atoms with Crippen LogP contribution in [0.25, 0.3) is 28.0 Å². The number of hydrogen-bond donors (Lipinski definition) is 0. The van der Waals surface area contributed by atoms with Gasteiger partial charge >= 0.3 is 6.18 Å². The zero-order valence-electron chi connectivity index (χ0n) is 15.0. The van der Waals surface area contributed by atoms with Crippen molar-refractivity contribution in [3.63, 3.8) is 0 Å². The minimum atomic E-state index is -4.42. The first-order valence-electron chi connectivity index (χ1n) is 9.03. The summed E-state index contributed by atoms with van der Waals surface area (Å²) in [6, 6.07) is 10.9. The zero-order valence-corrected chi connectivity index (χ0v) is 15.0. The van der Waals surface area contributed by atoms with E-state index < -0.39 is 11.7 Å². The Hall–Kier alpha value is -3.09. The van der Waals surface area contributed by atoms with Gasteiger partial charge in [-0.05, 0) is 43.5 Å². The number of hydrogen-bond acceptors (Lipinski definition) is 3. The largest absolute Gasteiger partial charge is 0.463 e. The van der Waals surface area contributed by atoms with Crippen molar-refractivity contribution < 1.29 is 17.6 Å². The number of aryl methyl sites for hydroxylation is 1. The molecule has 2 aromatic carbocycles. The van der Waals surface area contributed by atoms with E-state index >= 15 is 0 Å². The lowest BCUT2D eigenvalue weighted by Crippen LogP contribution is -2.07. The number of para-hydroxylation sites is 1. The Morgan fingerprint density at radius 1 is 1.11 bits per heavy atom. The summed E-state index contributed by atoms with van der Waals surface area (Å²) < 4.78 is 46.8. The first-order chi connectivity index (χ1) is 13.4. The second-order valence-corrected chi connectivity index (χ2v) is 7.13. The Balaban J connectivity index is 1.72. The van der Waals surface area contributed by atoms with Gasteiger partial charge in [0.15, 0.2) is 11.6 Å². The standard InChI is InChI=1S/C21H16F3N3O/c1-12-4-2-7-16-17(11-28-18(12)16)20-25-19(13-8-9-13)26-27(20)15-6-3-5-14(10-15)21(22,23)24/h2-7,10-11,13H,8-9H2,1H3. The van der Waals surface area contributed by atoms with Crippen molar-refractivity contribution in [2.75, 3.05) is 0 Å². The van der Waals surface area contributed by atoms with E-state index in [1.54, 1.807) is 12.3 Å². The molecular formula is C21H16F3N3O. The van der Waals surface area contributed by atoms with Gasteiger partial charge in [-0.1, -0.05) is 24.3 Å². The summed E-state index contributed by atoms with van der Waals surface area (Å²) in [5.74, 6) is 1.42. The molecule has 7 heteroatoms. The number of rotatable bonds is 3. The van der Waals surface area contributed by atoms with Gasteiger partial charge in [-0.3, -0.25) is 0 Å². The van der Waals surface area contributed by atoms with Gasteiger partial charge in [0.25, 0.3) is 0 Å². The summed E-state index contributed by atoms with van der Waals surface area (Å²) in [6.07, 6.45) is -0.827. The van der Waals surface area contributed by atoms with Gasteiger partial charge in [0.05, 0.1) is 16.8 Å². The summed E-state index contributed by atoms with van der Waals surface area (Å²) in [6.45, 7) is 1.95. The maximum absolute atomic E-state index is 13.2. The van der Waals surface area contributed by atoms with Gasteiger partial charge < -0.3 is 4.42 Å². The third kappa shape index (κ3) is 2.78. The molecule has 5 rings (SSSR count). The molecule has 1 fully saturated rings. The quantitative estimate of drug-likeness (QED) is 0.443. The molecule has 4 aromatic rings. The summed E-state index contributed by atoms with van der Waals surface area (Å²) in [7, 11) is 0. The van der Waals surface area contributed by atoms with E-state index in [0.717, 1.165) is 47.1 Å². The molecule has 0 bridgehead atoms. The molecule has 0 N–H and O–H groups in total. The lowest BCUT2D eigenvalue weighted by Gasteiger charge is -2.10. The number of nitrogens with zero attached hydrogens (tertiary/aromatic N) is 3. The number of fused-ring (bicyclic) bond motifs is 1. The van der Waals surface area contributed by atoms with E-state index in [-0.39, 0.29) is 5.92 Å². The fraction of sp³-hybridized carbons (Fsp3) is 0.238. The normalized spacial score (nSPS) is 14.7. The molecule has 0 aliphatic heterocycles. The minimum Gasteiger partial charge on any atom is -0.463 e. The van der Waals surface area contributed by atoms with Gasteiger partial charge in [0.2, 0.25) is 0 Å². The average Bonchev–Trinajstić information content (AvgIpc) is 3.27. The SMILES string of the molecule is Cc1cccc2c(-c3nc(C4CC4)nn3-c3cccc(C(F)(F)F)c3)coc12. The second kappa shape index (κ2) is 5.95. The summed E-state index contributed by atoms with van der Waals surface area (Å²) in [5.41, 5.74) is 2.05. The maximum atomic E-state index is 13.2. The molecule has 1 aliphatic carbocycles. The Bertz CT molecular complexity index is 1190. The van der Waals surface area contributed by atoms with E-state index in [1.165, 1.54) is 10.7 Å². The van der Waals surface area contributed by atoms with E-state index in [0.29, 0.717) is 17.3 Å². The van der Waals surface area contributed by atoms with Crippen LogP contribution in [0.5, 0.6) is 0 Å². The number of halogens is 3. The molecule has 4 nitrogen and oxygen atoms in total. The van der Waals surface area contributed by atoms with Crippen LogP contribution in [-0.2, 0) is 6.18 Å². The summed E-state index contributed by atoms with van der Waals surface area (Å²) >= 11 is 0. The molecule has 2 aromatic heterocycles. The third-order valence-electron chi connectivity index (χ3n) is 5.02. The molecule has 2 heterocycles. The molecule has 0 amide bonds. The topological polar surface area (TPSA) is 43.9 Å². The predicted molar refractivity (Wildman–Crippen MR) is 98.3 cm³/mol. The highest BCUT2D eigenvalue weighted by Gasteiger charge is 2.32. The molecular weight excluding hydrogens is 367 g/mol. The summed E-state index contributed by atoms with van der Waals surface area (Å²) in [5, 5.41) is 5.41. The molecule has 28 heavy (non-hydrogen) atoms. The van der Waals surface area contributed by atoms with Crippen molar-refractivity contribution in [3.05, 3.63) is 65.7 Å². The smallest absolute Gasteiger partial charge is 0.416 e. The van der Waals surface area contributed by atoms with Crippen molar-refractivity contribution in [1.82, 2.24) is 14.8 Å². The van der Waals surface area contributed by atoms with Crippen LogP contribution in [0, 0.1) is 6.92 Å². The number of furan rings is 1. The zero-order chi connectivity index (χ0) is 19.5. The van der Waals surface area contributed by atoms with Crippen LogP contribution in [0.15, 0.2) is 53.1 Å². The first kappa shape index (κ1) is 17.0. The number of benzene rings is 2. The Morgan fingerprint density at radius 2 is 1.89 bits per heavy atom. The predicted octanol–water partition coefficient (Wildman–Crippen LogP) is 5.89. The molecule has 1 saturated carbocycles. The third-order valence-corrected chi connectivity index (χ3v) is 5.02. The molecule has 0 saturated heterocycles. The van der Waals surface area contributed by atoms with Crippen LogP contribution in [0.2, 0.25) is 0 Å². The minimum absolute atomic E-state index is 0.269. The van der Waals surface area contributed by atoms with Crippen molar-refractivity contribution in [3.8, 4) is 17.1 Å². The van der Waals surface area contributed by atoms with E-state index in [1.807, 2.05) is 25.1 Å². The van der Waals surface area contributed by atoms with Gasteiger partial charge in [0.1, 0.15) is 11.8 Å². The van der Waals surface area contributed by atoms with Crippen molar-refractivity contribution in [2.45, 2.75) is 31.9 Å². The van der Waals surface area contributed by atoms with Gasteiger partial charge in [-0.15, -0.1) is 0 Å². The fourth-order valence-corrected chi connectivity index (χ4v) is 3.39. The molecule has 0 unspecified atom stereocenters. The Morgan fingerprint density at radius 3 is 2.64 bits per heavy atom. The molecule has 142 valence electrons. The Labute approximate surface area is 158 Å². The highest BCUT2D eigenvalue weighted by Crippen LogP contribution is 2.41. The lowest BCUT2D eigenvalue weighted by atomic mass is 10.1. The molecule has 0 spiro atoms. The number of alkyl halides is 3. The van der Waals surface area contributed by atoms with Gasteiger partial charge in [-0.2, -0.15) is 18.3 Å². The number of aromatic nitrogens is 3. The van der Waals surface area contributed by atoms with Crippen LogP contribution in [0.1, 0.15) is 35.7 Å². The van der Waals surface area contributed by atoms with Gasteiger partial charge in [-0.25, -0.2) is 9.67 Å². The van der Waals surface area contributed by atoms with Crippen LogP contribution in [-0.4, -0.2) is 14.8 Å². The van der Waals surface area contributed by atoms with Gasteiger partial charge in [0, 0.05) is 11.3 Å². The van der Waals surface area contributed by atoms with Crippen LogP contribution in [0.4, 0.5) is 13.2 Å². The second-order valence-electron chi connectivity index (χ2n) is 7.13. The van der Waals surface area contributed by atoms with E-state index in [2.05, 4.69) is 10.1 Å². The van der Waals surface area contributed by atoms with Crippen LogP contribution in [0.3, 0.4) is 0 Å². The Kier molecular flexibility index (Phi) is 3.62. The van der Waals surface area contributed by atoms with E-state index in [9.17, 15) is 13.2 Å². The highest BCUT2D eigenvalue weighted by molar-refractivity contribution is 5.94. The van der Waals surface area contributed by atoms with E-state index in [4.69, 9.17) is 4.42 Å². The monoisotopic (exact) mass is 383 g/mol. The molecule has 0 atom stereocenters. The highest BCUT2D eigenvalue weighted by atomic mass is 19.4. The fourth-order valence-electron chi connectivity index (χ4n) is 3.39. The van der Waals surface area contributed by atoms with Crippen molar-refractivity contribution in [1.29, 1.82) is 0 Å². The maximum Gasteiger partial charge on any atom is 0.416 e. The average molecular weight is 383 g/mol. The van der Waals surface area contributed by atoms with Crippen LogP contribution < -0.4 is 0 Å². The molecule has 0 radical (unpaired) electrons.